The fraction of sp³-hybridized carbons (Fsp3) is 0.909. The predicted octanol–water partition coefficient (Wildman–Crippen LogP) is 1.22. The molecule has 2 fully saturated rings. The van der Waals surface area contributed by atoms with Crippen LogP contribution < -0.4 is 5.32 Å². The Balaban J connectivity index is 1.88. The van der Waals surface area contributed by atoms with Gasteiger partial charge in [0.2, 0.25) is 0 Å². The molecule has 1 N–H and O–H groups in total. The molecule has 2 saturated heterocycles. The summed E-state index contributed by atoms with van der Waals surface area (Å²) in [5, 5.41) is 3.42. The van der Waals surface area contributed by atoms with Gasteiger partial charge >= 0.3 is 6.09 Å². The monoisotopic (exact) mass is 212 g/mol. The van der Waals surface area contributed by atoms with Crippen LogP contribution in [0.1, 0.15) is 27.2 Å². The molecule has 2 atom stereocenters. The summed E-state index contributed by atoms with van der Waals surface area (Å²) in [6.45, 7) is 8.46. The average molecular weight is 212 g/mol. The van der Waals surface area contributed by atoms with Gasteiger partial charge in [0, 0.05) is 19.1 Å². The summed E-state index contributed by atoms with van der Waals surface area (Å²) in [4.78, 5) is 13.6. The lowest BCUT2D eigenvalue weighted by molar-refractivity contribution is 0.0283. The van der Waals surface area contributed by atoms with E-state index in [2.05, 4.69) is 5.32 Å². The van der Waals surface area contributed by atoms with Gasteiger partial charge in [0.25, 0.3) is 0 Å². The third-order valence-corrected chi connectivity index (χ3v) is 3.01. The molecule has 2 aliphatic rings. The van der Waals surface area contributed by atoms with E-state index in [0.29, 0.717) is 12.0 Å². The Kier molecular flexibility index (Phi) is 2.63. The van der Waals surface area contributed by atoms with Crippen molar-refractivity contribution in [3.8, 4) is 0 Å². The molecule has 0 saturated carbocycles. The van der Waals surface area contributed by atoms with Crippen LogP contribution in [0.25, 0.3) is 0 Å². The standard InChI is InChI=1S/C11H20N2O2/c1-11(2,3)15-10(14)13-6-8-4-5-12-9(8)7-13/h8-9,12H,4-7H2,1-3H3/t8-,9-/m1/s1. The summed E-state index contributed by atoms with van der Waals surface area (Å²) in [6.07, 6.45) is 1.02. The van der Waals surface area contributed by atoms with Crippen LogP contribution in [0, 0.1) is 5.92 Å². The van der Waals surface area contributed by atoms with Crippen molar-refractivity contribution in [1.82, 2.24) is 10.2 Å². The zero-order valence-electron chi connectivity index (χ0n) is 9.75. The third kappa shape index (κ3) is 2.43. The van der Waals surface area contributed by atoms with Gasteiger partial charge in [0.15, 0.2) is 0 Å². The molecule has 0 aliphatic carbocycles. The molecule has 0 bridgehead atoms. The first kappa shape index (κ1) is 10.7. The van der Waals surface area contributed by atoms with Crippen LogP contribution in [0.4, 0.5) is 4.79 Å². The van der Waals surface area contributed by atoms with Crippen molar-refractivity contribution in [3.63, 3.8) is 0 Å². The van der Waals surface area contributed by atoms with Crippen LogP contribution in [-0.4, -0.2) is 42.3 Å². The van der Waals surface area contributed by atoms with Crippen molar-refractivity contribution in [3.05, 3.63) is 0 Å². The lowest BCUT2D eigenvalue weighted by Crippen LogP contribution is -2.37. The smallest absolute Gasteiger partial charge is 0.410 e. The van der Waals surface area contributed by atoms with Crippen molar-refractivity contribution in [2.75, 3.05) is 19.6 Å². The number of ether oxygens (including phenoxy) is 1. The first-order valence-corrected chi connectivity index (χ1v) is 5.67. The first-order valence-electron chi connectivity index (χ1n) is 5.67. The fourth-order valence-corrected chi connectivity index (χ4v) is 2.32. The molecule has 86 valence electrons. The Labute approximate surface area is 91.0 Å². The minimum Gasteiger partial charge on any atom is -0.444 e. The second-order valence-corrected chi connectivity index (χ2v) is 5.49. The summed E-state index contributed by atoms with van der Waals surface area (Å²) < 4.78 is 5.35. The molecular formula is C11H20N2O2. The average Bonchev–Trinajstić information content (AvgIpc) is 2.56. The molecule has 4 nitrogen and oxygen atoms in total. The van der Waals surface area contributed by atoms with E-state index in [0.717, 1.165) is 19.6 Å². The summed E-state index contributed by atoms with van der Waals surface area (Å²) in [5.41, 5.74) is -0.387. The van der Waals surface area contributed by atoms with Gasteiger partial charge in [0.1, 0.15) is 5.60 Å². The van der Waals surface area contributed by atoms with E-state index in [-0.39, 0.29) is 11.7 Å². The Morgan fingerprint density at radius 1 is 1.40 bits per heavy atom. The Morgan fingerprint density at radius 3 is 2.73 bits per heavy atom. The van der Waals surface area contributed by atoms with E-state index in [1.807, 2.05) is 25.7 Å². The zero-order chi connectivity index (χ0) is 11.1. The quantitative estimate of drug-likeness (QED) is 0.656. The minimum atomic E-state index is -0.387. The van der Waals surface area contributed by atoms with Gasteiger partial charge in [-0.2, -0.15) is 0 Å². The van der Waals surface area contributed by atoms with Gasteiger partial charge in [-0.25, -0.2) is 4.79 Å². The van der Waals surface area contributed by atoms with Crippen molar-refractivity contribution < 1.29 is 9.53 Å². The lowest BCUT2D eigenvalue weighted by atomic mass is 10.1. The van der Waals surface area contributed by atoms with Crippen LogP contribution in [0.3, 0.4) is 0 Å². The lowest BCUT2D eigenvalue weighted by Gasteiger charge is -2.24. The van der Waals surface area contributed by atoms with Gasteiger partial charge in [-0.15, -0.1) is 0 Å². The maximum absolute atomic E-state index is 11.8. The number of amides is 1. The number of likely N-dealkylation sites (tertiary alicyclic amines) is 1. The highest BCUT2D eigenvalue weighted by molar-refractivity contribution is 5.68. The van der Waals surface area contributed by atoms with Crippen molar-refractivity contribution in [1.29, 1.82) is 0 Å². The molecule has 2 aliphatic heterocycles. The molecule has 0 spiro atoms. The molecule has 1 amide bonds. The highest BCUT2D eigenvalue weighted by Gasteiger charge is 2.39. The molecule has 0 unspecified atom stereocenters. The first-order chi connectivity index (χ1) is 6.96. The largest absolute Gasteiger partial charge is 0.444 e. The predicted molar refractivity (Wildman–Crippen MR) is 57.7 cm³/mol. The highest BCUT2D eigenvalue weighted by atomic mass is 16.6. The Bertz CT molecular complexity index is 248. The number of nitrogens with zero attached hydrogens (tertiary/aromatic N) is 1. The van der Waals surface area contributed by atoms with Crippen LogP contribution in [-0.2, 0) is 4.74 Å². The van der Waals surface area contributed by atoms with Crippen LogP contribution in [0.5, 0.6) is 0 Å². The van der Waals surface area contributed by atoms with E-state index in [9.17, 15) is 4.79 Å². The summed E-state index contributed by atoms with van der Waals surface area (Å²) in [5.74, 6) is 0.637. The molecule has 15 heavy (non-hydrogen) atoms. The molecule has 0 aromatic carbocycles. The molecule has 0 radical (unpaired) electrons. The van der Waals surface area contributed by atoms with Gasteiger partial charge < -0.3 is 15.0 Å². The van der Waals surface area contributed by atoms with Gasteiger partial charge in [-0.05, 0) is 39.7 Å². The van der Waals surface area contributed by atoms with Crippen molar-refractivity contribution in [2.24, 2.45) is 5.92 Å². The van der Waals surface area contributed by atoms with Crippen molar-refractivity contribution in [2.45, 2.75) is 38.8 Å². The van der Waals surface area contributed by atoms with E-state index in [1.54, 1.807) is 0 Å². The Hall–Kier alpha value is -0.770. The number of rotatable bonds is 0. The normalized spacial score (nSPS) is 30.5. The number of nitrogens with one attached hydrogen (secondary N) is 1. The molecule has 0 aromatic rings. The van der Waals surface area contributed by atoms with Gasteiger partial charge in [-0.3, -0.25) is 0 Å². The minimum absolute atomic E-state index is 0.168. The molecule has 2 heterocycles. The van der Waals surface area contributed by atoms with Gasteiger partial charge in [0.05, 0.1) is 0 Å². The summed E-state index contributed by atoms with van der Waals surface area (Å²) in [6, 6.07) is 0.498. The van der Waals surface area contributed by atoms with Crippen LogP contribution >= 0.6 is 0 Å². The topological polar surface area (TPSA) is 41.6 Å². The zero-order valence-corrected chi connectivity index (χ0v) is 9.75. The SMILES string of the molecule is CC(C)(C)OC(=O)N1C[C@H]2CCN[C@@H]2C1. The van der Waals surface area contributed by atoms with E-state index in [4.69, 9.17) is 4.74 Å². The summed E-state index contributed by atoms with van der Waals surface area (Å²) in [7, 11) is 0. The number of carbonyl (C=O) groups excluding carboxylic acids is 1. The number of fused-ring (bicyclic) bond motifs is 1. The molecule has 4 heteroatoms. The van der Waals surface area contributed by atoms with E-state index < -0.39 is 0 Å². The maximum atomic E-state index is 11.8. The Morgan fingerprint density at radius 2 is 2.13 bits per heavy atom. The number of hydrogen-bond donors (Lipinski definition) is 1. The summed E-state index contributed by atoms with van der Waals surface area (Å²) >= 11 is 0. The number of hydrogen-bond acceptors (Lipinski definition) is 3. The molecular weight excluding hydrogens is 192 g/mol. The molecule has 0 aromatic heterocycles. The van der Waals surface area contributed by atoms with E-state index in [1.165, 1.54) is 6.42 Å². The maximum Gasteiger partial charge on any atom is 0.410 e. The third-order valence-electron chi connectivity index (χ3n) is 3.01. The van der Waals surface area contributed by atoms with Crippen LogP contribution in [0.2, 0.25) is 0 Å². The van der Waals surface area contributed by atoms with Crippen LogP contribution in [0.15, 0.2) is 0 Å². The number of carbonyl (C=O) groups is 1. The second kappa shape index (κ2) is 3.67. The second-order valence-electron chi connectivity index (χ2n) is 5.49. The van der Waals surface area contributed by atoms with Crippen molar-refractivity contribution >= 4 is 6.09 Å². The fourth-order valence-electron chi connectivity index (χ4n) is 2.32. The highest BCUT2D eigenvalue weighted by Crippen LogP contribution is 2.25. The molecule has 2 rings (SSSR count). The van der Waals surface area contributed by atoms with Gasteiger partial charge in [-0.1, -0.05) is 0 Å². The van der Waals surface area contributed by atoms with E-state index >= 15 is 0 Å².